The van der Waals surface area contributed by atoms with Gasteiger partial charge in [0.2, 0.25) is 0 Å². The first-order valence-corrected chi connectivity index (χ1v) is 4.47. The lowest BCUT2D eigenvalue weighted by Gasteiger charge is -2.08. The number of hydrogen-bond donors (Lipinski definition) is 3. The topological polar surface area (TPSA) is 94.0 Å². The van der Waals surface area contributed by atoms with Crippen molar-refractivity contribution in [2.45, 2.75) is 6.92 Å². The van der Waals surface area contributed by atoms with Crippen LogP contribution in [0.2, 0.25) is 0 Å². The Hall–Kier alpha value is -2.04. The van der Waals surface area contributed by atoms with Crippen LogP contribution in [0.3, 0.4) is 0 Å². The van der Waals surface area contributed by atoms with E-state index in [2.05, 4.69) is 10.3 Å². The highest BCUT2D eigenvalue weighted by molar-refractivity contribution is 5.98. The summed E-state index contributed by atoms with van der Waals surface area (Å²) >= 11 is 0. The highest BCUT2D eigenvalue weighted by Gasteiger charge is 2.13. The Morgan fingerprint density at radius 3 is 2.80 bits per heavy atom. The average Bonchev–Trinajstić information content (AvgIpc) is 2.23. The number of anilines is 1. The van der Waals surface area contributed by atoms with Crippen LogP contribution in [0.5, 0.6) is 0 Å². The number of hydrogen-bond acceptors (Lipinski definition) is 4. The second-order valence-electron chi connectivity index (χ2n) is 3.06. The molecule has 1 heterocycles. The summed E-state index contributed by atoms with van der Waals surface area (Å²) in [5.41, 5.74) is 13.3. The van der Waals surface area contributed by atoms with Crippen molar-refractivity contribution in [3.63, 3.8) is 0 Å². The zero-order valence-corrected chi connectivity index (χ0v) is 8.74. The first kappa shape index (κ1) is 11.0. The Balaban J connectivity index is 3.34. The van der Waals surface area contributed by atoms with E-state index in [1.54, 1.807) is 12.3 Å². The fourth-order valence-corrected chi connectivity index (χ4v) is 1.26. The van der Waals surface area contributed by atoms with Crippen LogP contribution in [-0.4, -0.2) is 17.9 Å². The van der Waals surface area contributed by atoms with Gasteiger partial charge in [-0.2, -0.15) is 0 Å². The molecule has 0 saturated carbocycles. The molecule has 0 aliphatic heterocycles. The van der Waals surface area contributed by atoms with Gasteiger partial charge in [-0.3, -0.25) is 4.79 Å². The molecule has 1 rings (SSSR count). The molecular weight excluding hydrogens is 192 g/mol. The van der Waals surface area contributed by atoms with E-state index < -0.39 is 0 Å². The molecule has 0 unspecified atom stereocenters. The van der Waals surface area contributed by atoms with Crippen molar-refractivity contribution in [2.24, 2.45) is 5.73 Å². The fourth-order valence-electron chi connectivity index (χ4n) is 1.26. The predicted octanol–water partition coefficient (Wildman–Crippen LogP) is 0.261. The normalized spacial score (nSPS) is 10.5. The molecule has 0 aliphatic carbocycles. The molecular formula is C10H14N4O. The number of rotatable bonds is 2. The van der Waals surface area contributed by atoms with Crippen LogP contribution in [0.25, 0.3) is 6.08 Å². The van der Waals surface area contributed by atoms with Gasteiger partial charge in [0.1, 0.15) is 0 Å². The molecule has 0 aromatic carbocycles. The summed E-state index contributed by atoms with van der Waals surface area (Å²) in [5, 5.41) is 2.47. The van der Waals surface area contributed by atoms with Crippen molar-refractivity contribution in [1.82, 2.24) is 10.3 Å². The van der Waals surface area contributed by atoms with E-state index in [1.807, 2.05) is 6.92 Å². The van der Waals surface area contributed by atoms with Gasteiger partial charge in [0.25, 0.3) is 5.91 Å². The molecule has 0 fully saturated rings. The Morgan fingerprint density at radius 2 is 2.27 bits per heavy atom. The van der Waals surface area contributed by atoms with Crippen molar-refractivity contribution in [3.05, 3.63) is 29.2 Å². The Morgan fingerprint density at radius 1 is 1.60 bits per heavy atom. The van der Waals surface area contributed by atoms with Gasteiger partial charge >= 0.3 is 0 Å². The zero-order chi connectivity index (χ0) is 11.4. The van der Waals surface area contributed by atoms with Crippen LogP contribution >= 0.6 is 0 Å². The van der Waals surface area contributed by atoms with Gasteiger partial charge in [0, 0.05) is 18.8 Å². The fraction of sp³-hybridized carbons (Fsp3) is 0.200. The van der Waals surface area contributed by atoms with E-state index in [0.717, 1.165) is 11.1 Å². The number of pyridine rings is 1. The van der Waals surface area contributed by atoms with E-state index in [1.165, 1.54) is 13.2 Å². The number of amides is 1. The molecule has 1 amide bonds. The third kappa shape index (κ3) is 2.07. The van der Waals surface area contributed by atoms with Crippen molar-refractivity contribution in [2.75, 3.05) is 12.8 Å². The summed E-state index contributed by atoms with van der Waals surface area (Å²) in [6.45, 7) is 1.85. The van der Waals surface area contributed by atoms with Crippen molar-refractivity contribution >= 4 is 17.7 Å². The Labute approximate surface area is 88.2 Å². The predicted molar refractivity (Wildman–Crippen MR) is 60.0 cm³/mol. The highest BCUT2D eigenvalue weighted by Crippen LogP contribution is 2.20. The summed E-state index contributed by atoms with van der Waals surface area (Å²) < 4.78 is 0. The maximum absolute atomic E-state index is 11.4. The van der Waals surface area contributed by atoms with Crippen LogP contribution in [0, 0.1) is 6.92 Å². The van der Waals surface area contributed by atoms with E-state index in [-0.39, 0.29) is 11.6 Å². The third-order valence-electron chi connectivity index (χ3n) is 2.06. The number of nitrogens with zero attached hydrogens (tertiary/aromatic N) is 1. The summed E-state index contributed by atoms with van der Waals surface area (Å²) in [6, 6.07) is 0. The number of nitrogens with one attached hydrogen (secondary N) is 1. The summed E-state index contributed by atoms with van der Waals surface area (Å²) in [5.74, 6) is -0.306. The van der Waals surface area contributed by atoms with Crippen LogP contribution in [0.15, 0.2) is 12.4 Å². The van der Waals surface area contributed by atoms with E-state index >= 15 is 0 Å². The van der Waals surface area contributed by atoms with Crippen molar-refractivity contribution in [3.8, 4) is 0 Å². The summed E-state index contributed by atoms with van der Waals surface area (Å²) in [6.07, 6.45) is 4.63. The molecule has 0 atom stereocenters. The average molecular weight is 206 g/mol. The number of carbonyl (C=O) groups excluding carboxylic acids is 1. The smallest absolute Gasteiger partial charge is 0.271 e. The highest BCUT2D eigenvalue weighted by atomic mass is 16.1. The number of aryl methyl sites for hydroxylation is 1. The van der Waals surface area contributed by atoms with Crippen LogP contribution in [-0.2, 0) is 0 Å². The molecule has 15 heavy (non-hydrogen) atoms. The molecule has 5 nitrogen and oxygen atoms in total. The van der Waals surface area contributed by atoms with Crippen LogP contribution < -0.4 is 16.8 Å². The number of carbonyl (C=O) groups is 1. The molecule has 0 bridgehead atoms. The maximum atomic E-state index is 11.4. The molecule has 80 valence electrons. The molecule has 0 spiro atoms. The zero-order valence-electron chi connectivity index (χ0n) is 8.74. The number of nitrogen functional groups attached to an aromatic ring is 1. The van der Waals surface area contributed by atoms with Gasteiger partial charge in [0.05, 0.1) is 5.69 Å². The lowest BCUT2D eigenvalue weighted by atomic mass is 10.1. The molecule has 5 heteroatoms. The number of nitrogens with two attached hydrogens (primary N) is 2. The monoisotopic (exact) mass is 206 g/mol. The van der Waals surface area contributed by atoms with Gasteiger partial charge in [-0.1, -0.05) is 0 Å². The van der Waals surface area contributed by atoms with E-state index in [9.17, 15) is 4.79 Å². The van der Waals surface area contributed by atoms with Gasteiger partial charge in [0.15, 0.2) is 5.69 Å². The van der Waals surface area contributed by atoms with Crippen molar-refractivity contribution < 1.29 is 4.79 Å². The third-order valence-corrected chi connectivity index (χ3v) is 2.06. The van der Waals surface area contributed by atoms with Crippen molar-refractivity contribution in [1.29, 1.82) is 0 Å². The lowest BCUT2D eigenvalue weighted by molar-refractivity contribution is 0.0959. The largest absolute Gasteiger partial charge is 0.405 e. The molecule has 0 aliphatic rings. The summed E-state index contributed by atoms with van der Waals surface area (Å²) in [7, 11) is 1.53. The van der Waals surface area contributed by atoms with Gasteiger partial charge < -0.3 is 16.8 Å². The maximum Gasteiger partial charge on any atom is 0.271 e. The van der Waals surface area contributed by atoms with E-state index in [0.29, 0.717) is 5.69 Å². The first-order chi connectivity index (χ1) is 7.11. The molecule has 0 saturated heterocycles. The minimum absolute atomic E-state index is 0.219. The van der Waals surface area contributed by atoms with E-state index in [4.69, 9.17) is 11.5 Å². The molecule has 1 aromatic rings. The lowest BCUT2D eigenvalue weighted by Crippen LogP contribution is -2.21. The standard InChI is InChI=1S/C10H14N4O/c1-6-5-14-9(10(15)13-2)8(12)7(6)3-4-11/h3-5H,11-12H2,1-2H3,(H,13,15)/b4-3-. The Kier molecular flexibility index (Phi) is 3.28. The SMILES string of the molecule is CNC(=O)c1ncc(C)c(/C=C\N)c1N. The quantitative estimate of drug-likeness (QED) is 0.647. The second-order valence-corrected chi connectivity index (χ2v) is 3.06. The first-order valence-electron chi connectivity index (χ1n) is 4.47. The Bertz CT molecular complexity index is 412. The van der Waals surface area contributed by atoms with Gasteiger partial charge in [-0.15, -0.1) is 0 Å². The van der Waals surface area contributed by atoms with Crippen LogP contribution in [0.1, 0.15) is 21.6 Å². The minimum atomic E-state index is -0.306. The number of aromatic nitrogens is 1. The molecule has 0 radical (unpaired) electrons. The van der Waals surface area contributed by atoms with Gasteiger partial charge in [-0.25, -0.2) is 4.98 Å². The summed E-state index contributed by atoms with van der Waals surface area (Å²) in [4.78, 5) is 15.4. The van der Waals surface area contributed by atoms with Crippen LogP contribution in [0.4, 0.5) is 5.69 Å². The minimum Gasteiger partial charge on any atom is -0.405 e. The molecule has 1 aromatic heterocycles. The van der Waals surface area contributed by atoms with Gasteiger partial charge in [-0.05, 0) is 24.8 Å². The second kappa shape index (κ2) is 4.45. The molecule has 5 N–H and O–H groups in total.